The van der Waals surface area contributed by atoms with Gasteiger partial charge in [0.05, 0.1) is 26.2 Å². The second-order valence-corrected chi connectivity index (χ2v) is 5.26. The summed E-state index contributed by atoms with van der Waals surface area (Å²) in [7, 11) is 3.41. The van der Waals surface area contributed by atoms with Crippen molar-refractivity contribution in [2.75, 3.05) is 33.9 Å². The van der Waals surface area contributed by atoms with Crippen molar-refractivity contribution < 1.29 is 19.0 Å². The molecule has 1 spiro atoms. The number of nitrogens with zero attached hydrogens (tertiary/aromatic N) is 1. The number of rotatable bonds is 5. The molecule has 0 N–H and O–H groups in total. The molecule has 0 bridgehead atoms. The Bertz CT molecular complexity index is 289. The maximum absolute atomic E-state index is 11.1. The number of carbonyl (C=O) groups is 1. The number of ether oxygens (including phenoxy) is 3. The van der Waals surface area contributed by atoms with Gasteiger partial charge in [0.25, 0.3) is 0 Å². The first-order chi connectivity index (χ1) is 8.63. The zero-order valence-corrected chi connectivity index (χ0v) is 11.3. The number of hydrogen-bond acceptors (Lipinski definition) is 5. The number of esters is 1. The van der Waals surface area contributed by atoms with Gasteiger partial charge in [-0.1, -0.05) is 0 Å². The second kappa shape index (κ2) is 5.99. The maximum atomic E-state index is 11.1. The predicted octanol–water partition coefficient (Wildman–Crippen LogP) is 1.17. The standard InChI is InChI=1S/C13H23NO4/c1-14(8-5-12(15)16-2)9-11-10-17-13(18-11)6-3-4-7-13/h11H,3-10H2,1-2H3. The van der Waals surface area contributed by atoms with E-state index in [1.165, 1.54) is 20.0 Å². The largest absolute Gasteiger partial charge is 0.469 e. The van der Waals surface area contributed by atoms with Crippen LogP contribution in [-0.4, -0.2) is 56.6 Å². The first-order valence-corrected chi connectivity index (χ1v) is 6.71. The minimum atomic E-state index is -0.284. The van der Waals surface area contributed by atoms with E-state index in [9.17, 15) is 4.79 Å². The Morgan fingerprint density at radius 2 is 2.17 bits per heavy atom. The summed E-state index contributed by atoms with van der Waals surface area (Å²) in [6.45, 7) is 2.17. The zero-order chi connectivity index (χ0) is 13.0. The normalized spacial score (nSPS) is 26.1. The van der Waals surface area contributed by atoms with Crippen LogP contribution in [0.25, 0.3) is 0 Å². The van der Waals surface area contributed by atoms with E-state index < -0.39 is 0 Å². The van der Waals surface area contributed by atoms with Gasteiger partial charge >= 0.3 is 5.97 Å². The highest BCUT2D eigenvalue weighted by Crippen LogP contribution is 2.39. The van der Waals surface area contributed by atoms with E-state index in [0.29, 0.717) is 19.6 Å². The summed E-state index contributed by atoms with van der Waals surface area (Å²) >= 11 is 0. The highest BCUT2D eigenvalue weighted by Gasteiger charge is 2.43. The Balaban J connectivity index is 1.69. The quantitative estimate of drug-likeness (QED) is 0.692. The molecule has 1 saturated heterocycles. The molecule has 0 aromatic rings. The van der Waals surface area contributed by atoms with Crippen LogP contribution >= 0.6 is 0 Å². The van der Waals surface area contributed by atoms with Gasteiger partial charge in [-0.15, -0.1) is 0 Å². The molecular formula is C13H23NO4. The van der Waals surface area contributed by atoms with E-state index in [-0.39, 0.29) is 17.9 Å². The van der Waals surface area contributed by atoms with E-state index in [1.54, 1.807) is 0 Å². The maximum Gasteiger partial charge on any atom is 0.306 e. The summed E-state index contributed by atoms with van der Waals surface area (Å²) in [5, 5.41) is 0. The molecule has 2 fully saturated rings. The Morgan fingerprint density at radius 3 is 2.83 bits per heavy atom. The third-order valence-corrected chi connectivity index (χ3v) is 3.72. The molecule has 18 heavy (non-hydrogen) atoms. The Labute approximate surface area is 108 Å². The van der Waals surface area contributed by atoms with Crippen LogP contribution < -0.4 is 0 Å². The van der Waals surface area contributed by atoms with Gasteiger partial charge < -0.3 is 19.1 Å². The van der Waals surface area contributed by atoms with Crippen molar-refractivity contribution in [3.05, 3.63) is 0 Å². The Hall–Kier alpha value is -0.650. The van der Waals surface area contributed by atoms with Crippen LogP contribution in [-0.2, 0) is 19.0 Å². The molecule has 0 aromatic heterocycles. The van der Waals surface area contributed by atoms with E-state index in [0.717, 1.165) is 19.4 Å². The van der Waals surface area contributed by atoms with E-state index in [2.05, 4.69) is 9.64 Å². The molecule has 2 rings (SSSR count). The molecule has 0 aromatic carbocycles. The van der Waals surface area contributed by atoms with Gasteiger partial charge in [0.1, 0.15) is 0 Å². The first-order valence-electron chi connectivity index (χ1n) is 6.71. The average Bonchev–Trinajstić information content (AvgIpc) is 2.97. The van der Waals surface area contributed by atoms with Crippen LogP contribution in [0.2, 0.25) is 0 Å². The third-order valence-electron chi connectivity index (χ3n) is 3.72. The molecule has 0 amide bonds. The molecule has 1 aliphatic heterocycles. The summed E-state index contributed by atoms with van der Waals surface area (Å²) in [4.78, 5) is 13.1. The van der Waals surface area contributed by atoms with Crippen LogP contribution in [0.3, 0.4) is 0 Å². The lowest BCUT2D eigenvalue weighted by molar-refractivity contribution is -0.163. The lowest BCUT2D eigenvalue weighted by atomic mass is 10.2. The molecule has 2 aliphatic rings. The van der Waals surface area contributed by atoms with E-state index in [1.807, 2.05) is 7.05 Å². The molecule has 0 radical (unpaired) electrons. The van der Waals surface area contributed by atoms with E-state index >= 15 is 0 Å². The van der Waals surface area contributed by atoms with Gasteiger partial charge in [-0.05, 0) is 19.9 Å². The van der Waals surface area contributed by atoms with Crippen molar-refractivity contribution in [1.29, 1.82) is 0 Å². The number of likely N-dealkylation sites (N-methyl/N-ethyl adjacent to an activating group) is 1. The second-order valence-electron chi connectivity index (χ2n) is 5.26. The fraction of sp³-hybridized carbons (Fsp3) is 0.923. The molecule has 1 saturated carbocycles. The lowest BCUT2D eigenvalue weighted by Crippen LogP contribution is -2.34. The van der Waals surface area contributed by atoms with Crippen molar-refractivity contribution in [3.63, 3.8) is 0 Å². The minimum Gasteiger partial charge on any atom is -0.469 e. The molecule has 1 aliphatic carbocycles. The van der Waals surface area contributed by atoms with Crippen LogP contribution in [0, 0.1) is 0 Å². The number of carbonyl (C=O) groups excluding carboxylic acids is 1. The van der Waals surface area contributed by atoms with Crippen molar-refractivity contribution in [2.24, 2.45) is 0 Å². The molecule has 1 heterocycles. The van der Waals surface area contributed by atoms with Crippen molar-refractivity contribution in [3.8, 4) is 0 Å². The smallest absolute Gasteiger partial charge is 0.306 e. The third kappa shape index (κ3) is 3.43. The highest BCUT2D eigenvalue weighted by molar-refractivity contribution is 5.69. The SMILES string of the molecule is COC(=O)CCN(C)CC1COC2(CCCC2)O1. The first kappa shape index (κ1) is 13.8. The van der Waals surface area contributed by atoms with Gasteiger partial charge in [-0.2, -0.15) is 0 Å². The highest BCUT2D eigenvalue weighted by atomic mass is 16.7. The number of hydrogen-bond donors (Lipinski definition) is 0. The Morgan fingerprint density at radius 1 is 1.44 bits per heavy atom. The van der Waals surface area contributed by atoms with Crippen LogP contribution in [0.15, 0.2) is 0 Å². The van der Waals surface area contributed by atoms with Crippen LogP contribution in [0.1, 0.15) is 32.1 Å². The zero-order valence-electron chi connectivity index (χ0n) is 11.3. The topological polar surface area (TPSA) is 48.0 Å². The lowest BCUT2D eigenvalue weighted by Gasteiger charge is -2.24. The van der Waals surface area contributed by atoms with Crippen LogP contribution in [0.5, 0.6) is 0 Å². The van der Waals surface area contributed by atoms with Crippen molar-refractivity contribution in [2.45, 2.75) is 44.0 Å². The minimum absolute atomic E-state index is 0.130. The summed E-state index contributed by atoms with van der Waals surface area (Å²) in [5.74, 6) is -0.453. The van der Waals surface area contributed by atoms with Gasteiger partial charge in [0.15, 0.2) is 5.79 Å². The summed E-state index contributed by atoms with van der Waals surface area (Å²) in [6.07, 6.45) is 5.00. The fourth-order valence-corrected chi connectivity index (χ4v) is 2.71. The summed E-state index contributed by atoms with van der Waals surface area (Å²) in [5.41, 5.74) is 0. The average molecular weight is 257 g/mol. The molecule has 5 nitrogen and oxygen atoms in total. The molecular weight excluding hydrogens is 234 g/mol. The monoisotopic (exact) mass is 257 g/mol. The molecule has 1 unspecified atom stereocenters. The van der Waals surface area contributed by atoms with Gasteiger partial charge in [0.2, 0.25) is 0 Å². The summed E-state index contributed by atoms with van der Waals surface area (Å²) < 4.78 is 16.5. The van der Waals surface area contributed by atoms with Crippen molar-refractivity contribution >= 4 is 5.97 Å². The summed E-state index contributed by atoms with van der Waals surface area (Å²) in [6, 6.07) is 0. The Kier molecular flexibility index (Phi) is 4.59. The van der Waals surface area contributed by atoms with Crippen molar-refractivity contribution in [1.82, 2.24) is 4.90 Å². The predicted molar refractivity (Wildman–Crippen MR) is 66.2 cm³/mol. The van der Waals surface area contributed by atoms with Gasteiger partial charge in [-0.3, -0.25) is 4.79 Å². The molecule has 1 atom stereocenters. The fourth-order valence-electron chi connectivity index (χ4n) is 2.71. The van der Waals surface area contributed by atoms with E-state index in [4.69, 9.17) is 9.47 Å². The van der Waals surface area contributed by atoms with Gasteiger partial charge in [-0.25, -0.2) is 0 Å². The number of methoxy groups -OCH3 is 1. The molecule has 5 heteroatoms. The van der Waals surface area contributed by atoms with Crippen LogP contribution in [0.4, 0.5) is 0 Å². The molecule has 104 valence electrons. The van der Waals surface area contributed by atoms with Gasteiger partial charge in [0, 0.05) is 25.9 Å².